The van der Waals surface area contributed by atoms with E-state index in [9.17, 15) is 9.59 Å². The van der Waals surface area contributed by atoms with Crippen LogP contribution in [0.3, 0.4) is 0 Å². The molecule has 1 aliphatic carbocycles. The molecule has 1 fully saturated rings. The minimum absolute atomic E-state index is 0.0947. The van der Waals surface area contributed by atoms with E-state index in [1.165, 1.54) is 0 Å². The van der Waals surface area contributed by atoms with Gasteiger partial charge in [0.05, 0.1) is 17.0 Å². The number of para-hydroxylation sites is 2. The van der Waals surface area contributed by atoms with Crippen molar-refractivity contribution < 1.29 is 9.59 Å². The second-order valence-corrected chi connectivity index (χ2v) is 7.96. The first kappa shape index (κ1) is 17.6. The second kappa shape index (κ2) is 6.27. The molecule has 1 spiro atoms. The van der Waals surface area contributed by atoms with Crippen molar-refractivity contribution in [2.75, 3.05) is 10.6 Å². The topological polar surface area (TPSA) is 99.8 Å². The number of anilines is 2. The lowest BCUT2D eigenvalue weighted by atomic mass is 9.94. The van der Waals surface area contributed by atoms with Gasteiger partial charge in [-0.25, -0.2) is 4.98 Å². The Morgan fingerprint density at radius 2 is 1.93 bits per heavy atom. The van der Waals surface area contributed by atoms with Crippen molar-refractivity contribution in [3.63, 3.8) is 0 Å². The SMILES string of the molecule is CC(C)c1nc(-c2ccccc2NC(=O)C2CC23C(=O)Nc2ccccc23)n[nH]1. The van der Waals surface area contributed by atoms with Crippen LogP contribution in [0.1, 0.15) is 37.6 Å². The van der Waals surface area contributed by atoms with E-state index in [-0.39, 0.29) is 17.7 Å². The molecule has 2 amide bonds. The van der Waals surface area contributed by atoms with E-state index < -0.39 is 11.3 Å². The van der Waals surface area contributed by atoms with Crippen LogP contribution in [0.25, 0.3) is 11.4 Å². The van der Waals surface area contributed by atoms with Gasteiger partial charge in [0.1, 0.15) is 5.82 Å². The van der Waals surface area contributed by atoms with Crippen molar-refractivity contribution in [1.82, 2.24) is 15.2 Å². The molecule has 0 radical (unpaired) electrons. The standard InChI is InChI=1S/C22H21N5O2/c1-12(2)18-25-19(27-26-18)13-7-3-5-9-16(13)23-20(28)15-11-22(15)14-8-4-6-10-17(14)24-21(22)29/h3-10,12,15H,11H2,1-2H3,(H,23,28)(H,24,29)(H,25,26,27). The number of carbonyl (C=O) groups excluding carboxylic acids is 2. The van der Waals surface area contributed by atoms with E-state index in [4.69, 9.17) is 0 Å². The summed E-state index contributed by atoms with van der Waals surface area (Å²) >= 11 is 0. The van der Waals surface area contributed by atoms with Crippen LogP contribution in [0.4, 0.5) is 11.4 Å². The Kier molecular flexibility index (Phi) is 3.81. The first-order valence-corrected chi connectivity index (χ1v) is 9.74. The normalized spacial score (nSPS) is 21.9. The van der Waals surface area contributed by atoms with Gasteiger partial charge in [0.2, 0.25) is 11.8 Å². The number of fused-ring (bicyclic) bond motifs is 2. The monoisotopic (exact) mass is 387 g/mol. The molecule has 1 saturated carbocycles. The van der Waals surface area contributed by atoms with Gasteiger partial charge >= 0.3 is 0 Å². The van der Waals surface area contributed by atoms with Crippen molar-refractivity contribution >= 4 is 23.2 Å². The Morgan fingerprint density at radius 3 is 2.72 bits per heavy atom. The fraction of sp³-hybridized carbons (Fsp3) is 0.273. The molecule has 2 heterocycles. The molecular weight excluding hydrogens is 366 g/mol. The Hall–Kier alpha value is -3.48. The highest BCUT2D eigenvalue weighted by Crippen LogP contribution is 2.60. The summed E-state index contributed by atoms with van der Waals surface area (Å²) in [5.41, 5.74) is 2.35. The number of hydrogen-bond acceptors (Lipinski definition) is 4. The van der Waals surface area contributed by atoms with Crippen molar-refractivity contribution in [2.45, 2.75) is 31.6 Å². The number of nitrogens with zero attached hydrogens (tertiary/aromatic N) is 2. The Bertz CT molecular complexity index is 1140. The molecule has 2 aromatic carbocycles. The number of aromatic nitrogens is 3. The van der Waals surface area contributed by atoms with Crippen LogP contribution in [-0.2, 0) is 15.0 Å². The first-order valence-electron chi connectivity index (χ1n) is 9.74. The third-order valence-corrected chi connectivity index (χ3v) is 5.81. The predicted octanol–water partition coefficient (Wildman–Crippen LogP) is 3.44. The van der Waals surface area contributed by atoms with Gasteiger partial charge in [0.25, 0.3) is 0 Å². The van der Waals surface area contributed by atoms with Crippen LogP contribution >= 0.6 is 0 Å². The van der Waals surface area contributed by atoms with Crippen LogP contribution in [-0.4, -0.2) is 27.0 Å². The largest absolute Gasteiger partial charge is 0.325 e. The molecule has 5 rings (SSSR count). The van der Waals surface area contributed by atoms with Gasteiger partial charge in [-0.2, -0.15) is 5.10 Å². The van der Waals surface area contributed by atoms with Crippen LogP contribution in [0.5, 0.6) is 0 Å². The van der Waals surface area contributed by atoms with Crippen molar-refractivity contribution in [2.24, 2.45) is 5.92 Å². The average Bonchev–Trinajstić information content (AvgIpc) is 3.16. The number of benzene rings is 2. The zero-order valence-corrected chi connectivity index (χ0v) is 16.2. The van der Waals surface area contributed by atoms with Crippen LogP contribution < -0.4 is 10.6 Å². The quantitative estimate of drug-likeness (QED) is 0.638. The summed E-state index contributed by atoms with van der Waals surface area (Å²) in [5.74, 6) is 0.912. The molecule has 0 saturated heterocycles. The van der Waals surface area contributed by atoms with Gasteiger partial charge in [0.15, 0.2) is 5.82 Å². The van der Waals surface area contributed by atoms with E-state index in [1.807, 2.05) is 62.4 Å². The molecule has 2 unspecified atom stereocenters. The Balaban J connectivity index is 1.41. The summed E-state index contributed by atoms with van der Waals surface area (Å²) in [6, 6.07) is 15.0. The van der Waals surface area contributed by atoms with Gasteiger partial charge in [-0.3, -0.25) is 14.7 Å². The molecule has 2 aliphatic rings. The fourth-order valence-corrected chi connectivity index (χ4v) is 4.13. The molecule has 3 N–H and O–H groups in total. The molecule has 7 nitrogen and oxygen atoms in total. The van der Waals surface area contributed by atoms with E-state index in [1.54, 1.807) is 0 Å². The van der Waals surface area contributed by atoms with Gasteiger partial charge in [-0.15, -0.1) is 0 Å². The highest BCUT2D eigenvalue weighted by Gasteiger charge is 2.67. The maximum Gasteiger partial charge on any atom is 0.235 e. The number of rotatable bonds is 4. The Labute approximate surface area is 167 Å². The molecule has 1 aromatic heterocycles. The lowest BCUT2D eigenvalue weighted by Gasteiger charge is -2.11. The van der Waals surface area contributed by atoms with E-state index in [2.05, 4.69) is 25.8 Å². The lowest BCUT2D eigenvalue weighted by molar-refractivity contribution is -0.122. The molecule has 7 heteroatoms. The minimum Gasteiger partial charge on any atom is -0.325 e. The molecule has 1 aliphatic heterocycles. The highest BCUT2D eigenvalue weighted by atomic mass is 16.2. The zero-order chi connectivity index (χ0) is 20.2. The molecular formula is C22H21N5O2. The summed E-state index contributed by atoms with van der Waals surface area (Å²) in [6.07, 6.45) is 0.516. The van der Waals surface area contributed by atoms with Crippen LogP contribution in [0.15, 0.2) is 48.5 Å². The molecule has 29 heavy (non-hydrogen) atoms. The summed E-state index contributed by atoms with van der Waals surface area (Å²) in [5, 5.41) is 13.2. The third-order valence-electron chi connectivity index (χ3n) is 5.81. The molecule has 146 valence electrons. The van der Waals surface area contributed by atoms with Crippen molar-refractivity contribution in [3.8, 4) is 11.4 Å². The van der Waals surface area contributed by atoms with Gasteiger partial charge in [-0.1, -0.05) is 44.2 Å². The summed E-state index contributed by atoms with van der Waals surface area (Å²) < 4.78 is 0. The summed E-state index contributed by atoms with van der Waals surface area (Å²) in [6.45, 7) is 4.07. The van der Waals surface area contributed by atoms with Gasteiger partial charge in [-0.05, 0) is 30.2 Å². The van der Waals surface area contributed by atoms with Crippen LogP contribution in [0.2, 0.25) is 0 Å². The number of nitrogens with one attached hydrogen (secondary N) is 3. The Morgan fingerprint density at radius 1 is 1.17 bits per heavy atom. The highest BCUT2D eigenvalue weighted by molar-refractivity contribution is 6.14. The van der Waals surface area contributed by atoms with E-state index >= 15 is 0 Å². The summed E-state index contributed by atoms with van der Waals surface area (Å²) in [7, 11) is 0. The first-order chi connectivity index (χ1) is 14.0. The number of amides is 2. The summed E-state index contributed by atoms with van der Waals surface area (Å²) in [4.78, 5) is 30.2. The molecule has 2 atom stereocenters. The van der Waals surface area contributed by atoms with E-state index in [0.29, 0.717) is 17.9 Å². The molecule has 0 bridgehead atoms. The zero-order valence-electron chi connectivity index (χ0n) is 16.2. The average molecular weight is 387 g/mol. The molecule has 3 aromatic rings. The third kappa shape index (κ3) is 2.65. The number of aromatic amines is 1. The number of hydrogen-bond donors (Lipinski definition) is 3. The maximum atomic E-state index is 13.0. The number of carbonyl (C=O) groups is 2. The predicted molar refractivity (Wildman–Crippen MR) is 109 cm³/mol. The smallest absolute Gasteiger partial charge is 0.235 e. The second-order valence-electron chi connectivity index (χ2n) is 7.96. The van der Waals surface area contributed by atoms with Crippen molar-refractivity contribution in [1.29, 1.82) is 0 Å². The van der Waals surface area contributed by atoms with Gasteiger partial charge < -0.3 is 10.6 Å². The van der Waals surface area contributed by atoms with Crippen LogP contribution in [0, 0.1) is 5.92 Å². The number of H-pyrrole nitrogens is 1. The lowest BCUT2D eigenvalue weighted by Crippen LogP contribution is -2.27. The maximum absolute atomic E-state index is 13.0. The minimum atomic E-state index is -0.745. The van der Waals surface area contributed by atoms with E-state index in [0.717, 1.165) is 22.6 Å². The fourth-order valence-electron chi connectivity index (χ4n) is 4.13. The van der Waals surface area contributed by atoms with Crippen molar-refractivity contribution in [3.05, 3.63) is 59.9 Å². The van der Waals surface area contributed by atoms with Gasteiger partial charge in [0, 0.05) is 17.2 Å².